The van der Waals surface area contributed by atoms with Gasteiger partial charge in [-0.1, -0.05) is 30.3 Å². The third-order valence-corrected chi connectivity index (χ3v) is 4.69. The SMILES string of the molecule is COc1ccccc1[C@H](C)N(C)C(=O)c1cccc(CCC(C)(C)O)c1. The number of aryl methyl sites for hydroxylation is 1. The normalized spacial score (nSPS) is 12.5. The number of methoxy groups -OCH3 is 1. The summed E-state index contributed by atoms with van der Waals surface area (Å²) in [5.41, 5.74) is 1.97. The van der Waals surface area contributed by atoms with Crippen LogP contribution in [0.25, 0.3) is 0 Å². The number of nitrogens with zero attached hydrogens (tertiary/aromatic N) is 1. The molecule has 1 atom stereocenters. The van der Waals surface area contributed by atoms with Crippen molar-refractivity contribution in [1.82, 2.24) is 4.90 Å². The van der Waals surface area contributed by atoms with Crippen LogP contribution in [0.2, 0.25) is 0 Å². The van der Waals surface area contributed by atoms with Crippen LogP contribution in [0.15, 0.2) is 48.5 Å². The van der Waals surface area contributed by atoms with E-state index in [1.54, 1.807) is 25.9 Å². The average Bonchev–Trinajstić information content (AvgIpc) is 2.64. The number of amides is 1. The molecule has 0 spiro atoms. The van der Waals surface area contributed by atoms with Gasteiger partial charge >= 0.3 is 0 Å². The number of aliphatic hydroxyl groups is 1. The second-order valence-corrected chi connectivity index (χ2v) is 7.35. The van der Waals surface area contributed by atoms with Gasteiger partial charge in [-0.15, -0.1) is 0 Å². The number of rotatable bonds is 7. The molecule has 2 aromatic carbocycles. The van der Waals surface area contributed by atoms with Crippen molar-refractivity contribution in [2.24, 2.45) is 0 Å². The van der Waals surface area contributed by atoms with E-state index in [-0.39, 0.29) is 11.9 Å². The van der Waals surface area contributed by atoms with Gasteiger partial charge in [0.05, 0.1) is 18.8 Å². The molecule has 0 aliphatic rings. The Morgan fingerprint density at radius 1 is 1.19 bits per heavy atom. The van der Waals surface area contributed by atoms with Gasteiger partial charge in [0.2, 0.25) is 0 Å². The van der Waals surface area contributed by atoms with Crippen LogP contribution in [-0.2, 0) is 6.42 Å². The van der Waals surface area contributed by atoms with Crippen LogP contribution in [0, 0.1) is 0 Å². The highest BCUT2D eigenvalue weighted by atomic mass is 16.5. The third kappa shape index (κ3) is 5.09. The van der Waals surface area contributed by atoms with Gasteiger partial charge in [0.15, 0.2) is 0 Å². The summed E-state index contributed by atoms with van der Waals surface area (Å²) < 4.78 is 5.42. The minimum absolute atomic E-state index is 0.0338. The molecule has 0 saturated carbocycles. The predicted molar refractivity (Wildman–Crippen MR) is 105 cm³/mol. The monoisotopic (exact) mass is 355 g/mol. The lowest BCUT2D eigenvalue weighted by Gasteiger charge is -2.27. The first-order chi connectivity index (χ1) is 12.2. The molecule has 0 aliphatic heterocycles. The lowest BCUT2D eigenvalue weighted by Crippen LogP contribution is -2.30. The van der Waals surface area contributed by atoms with E-state index in [0.717, 1.165) is 23.3 Å². The zero-order valence-corrected chi connectivity index (χ0v) is 16.3. The van der Waals surface area contributed by atoms with Crippen LogP contribution >= 0.6 is 0 Å². The maximum Gasteiger partial charge on any atom is 0.254 e. The van der Waals surface area contributed by atoms with Crippen LogP contribution in [0.5, 0.6) is 5.75 Å². The van der Waals surface area contributed by atoms with Crippen molar-refractivity contribution in [3.8, 4) is 5.75 Å². The summed E-state index contributed by atoms with van der Waals surface area (Å²) in [5.74, 6) is 0.743. The fraction of sp³-hybridized carbons (Fsp3) is 0.409. The van der Waals surface area contributed by atoms with Gasteiger partial charge in [-0.05, 0) is 57.4 Å². The van der Waals surface area contributed by atoms with Crippen molar-refractivity contribution in [2.75, 3.05) is 14.2 Å². The highest BCUT2D eigenvalue weighted by Crippen LogP contribution is 2.29. The van der Waals surface area contributed by atoms with Gasteiger partial charge in [0.25, 0.3) is 5.91 Å². The maximum absolute atomic E-state index is 12.9. The Labute approximate surface area is 156 Å². The van der Waals surface area contributed by atoms with E-state index in [1.807, 2.05) is 62.5 Å². The second kappa shape index (κ2) is 8.37. The zero-order chi connectivity index (χ0) is 19.3. The summed E-state index contributed by atoms with van der Waals surface area (Å²) in [7, 11) is 3.45. The quantitative estimate of drug-likeness (QED) is 0.808. The van der Waals surface area contributed by atoms with Crippen molar-refractivity contribution in [3.05, 3.63) is 65.2 Å². The molecule has 1 amide bonds. The average molecular weight is 355 g/mol. The van der Waals surface area contributed by atoms with Crippen LogP contribution in [0.4, 0.5) is 0 Å². The standard InChI is InChI=1S/C22H29NO3/c1-16(19-11-6-7-12-20(19)26-5)23(4)21(24)18-10-8-9-17(15-18)13-14-22(2,3)25/h6-12,15-16,25H,13-14H2,1-5H3/t16-/m0/s1. The summed E-state index contributed by atoms with van der Waals surface area (Å²) in [6, 6.07) is 15.3. The number of para-hydroxylation sites is 1. The minimum Gasteiger partial charge on any atom is -0.496 e. The van der Waals surface area contributed by atoms with Gasteiger partial charge in [-0.2, -0.15) is 0 Å². The molecule has 0 aliphatic carbocycles. The van der Waals surface area contributed by atoms with E-state index in [0.29, 0.717) is 12.0 Å². The third-order valence-electron chi connectivity index (χ3n) is 4.69. The number of hydrogen-bond acceptors (Lipinski definition) is 3. The number of benzene rings is 2. The van der Waals surface area contributed by atoms with Gasteiger partial charge in [-0.3, -0.25) is 4.79 Å². The number of ether oxygens (including phenoxy) is 1. The lowest BCUT2D eigenvalue weighted by atomic mass is 9.97. The summed E-state index contributed by atoms with van der Waals surface area (Å²) in [6.45, 7) is 5.59. The molecule has 4 heteroatoms. The minimum atomic E-state index is -0.713. The molecule has 1 N–H and O–H groups in total. The molecule has 2 aromatic rings. The van der Waals surface area contributed by atoms with Crippen LogP contribution < -0.4 is 4.74 Å². The molecule has 0 unspecified atom stereocenters. The first-order valence-corrected chi connectivity index (χ1v) is 8.94. The second-order valence-electron chi connectivity index (χ2n) is 7.35. The molecule has 0 heterocycles. The topological polar surface area (TPSA) is 49.8 Å². The van der Waals surface area contributed by atoms with E-state index in [4.69, 9.17) is 4.74 Å². The Bertz CT molecular complexity index is 749. The molecule has 140 valence electrons. The van der Waals surface area contributed by atoms with Gasteiger partial charge in [-0.25, -0.2) is 0 Å². The van der Waals surface area contributed by atoms with Crippen molar-refractivity contribution in [1.29, 1.82) is 0 Å². The molecule has 0 saturated heterocycles. The molecular weight excluding hydrogens is 326 g/mol. The highest BCUT2D eigenvalue weighted by molar-refractivity contribution is 5.94. The molecule has 0 bridgehead atoms. The fourth-order valence-electron chi connectivity index (χ4n) is 2.91. The fourth-order valence-corrected chi connectivity index (χ4v) is 2.91. The molecule has 26 heavy (non-hydrogen) atoms. The lowest BCUT2D eigenvalue weighted by molar-refractivity contribution is 0.0714. The van der Waals surface area contributed by atoms with E-state index in [2.05, 4.69) is 0 Å². The Kier molecular flexibility index (Phi) is 6.43. The number of carbonyl (C=O) groups excluding carboxylic acids is 1. The molecule has 0 radical (unpaired) electrons. The summed E-state index contributed by atoms with van der Waals surface area (Å²) >= 11 is 0. The molecule has 0 aromatic heterocycles. The van der Waals surface area contributed by atoms with Gasteiger partial charge in [0, 0.05) is 18.2 Å². The van der Waals surface area contributed by atoms with E-state index in [1.165, 1.54) is 0 Å². The summed E-state index contributed by atoms with van der Waals surface area (Å²) in [5, 5.41) is 9.91. The number of carbonyl (C=O) groups is 1. The first-order valence-electron chi connectivity index (χ1n) is 8.94. The van der Waals surface area contributed by atoms with Crippen molar-refractivity contribution < 1.29 is 14.6 Å². The highest BCUT2D eigenvalue weighted by Gasteiger charge is 2.21. The van der Waals surface area contributed by atoms with Crippen molar-refractivity contribution >= 4 is 5.91 Å². The largest absolute Gasteiger partial charge is 0.496 e. The summed E-state index contributed by atoms with van der Waals surface area (Å²) in [4.78, 5) is 14.7. The van der Waals surface area contributed by atoms with Gasteiger partial charge < -0.3 is 14.7 Å². The molecule has 2 rings (SSSR count). The Hall–Kier alpha value is -2.33. The van der Waals surface area contributed by atoms with Crippen LogP contribution in [0.3, 0.4) is 0 Å². The van der Waals surface area contributed by atoms with Crippen LogP contribution in [0.1, 0.15) is 54.7 Å². The first kappa shape index (κ1) is 20.0. The Balaban J connectivity index is 2.17. The van der Waals surface area contributed by atoms with Crippen molar-refractivity contribution in [2.45, 2.75) is 45.3 Å². The van der Waals surface area contributed by atoms with E-state index in [9.17, 15) is 9.90 Å². The predicted octanol–water partition coefficient (Wildman–Crippen LogP) is 4.23. The Morgan fingerprint density at radius 3 is 2.54 bits per heavy atom. The van der Waals surface area contributed by atoms with E-state index >= 15 is 0 Å². The maximum atomic E-state index is 12.9. The van der Waals surface area contributed by atoms with Crippen LogP contribution in [-0.4, -0.2) is 35.7 Å². The smallest absolute Gasteiger partial charge is 0.254 e. The molecular formula is C22H29NO3. The summed E-state index contributed by atoms with van der Waals surface area (Å²) in [6.07, 6.45) is 1.38. The number of hydrogen-bond donors (Lipinski definition) is 1. The zero-order valence-electron chi connectivity index (χ0n) is 16.3. The van der Waals surface area contributed by atoms with Crippen molar-refractivity contribution in [3.63, 3.8) is 0 Å². The molecule has 4 nitrogen and oxygen atoms in total. The Morgan fingerprint density at radius 2 is 1.88 bits per heavy atom. The van der Waals surface area contributed by atoms with Gasteiger partial charge in [0.1, 0.15) is 5.75 Å². The van der Waals surface area contributed by atoms with E-state index < -0.39 is 5.60 Å². The molecule has 0 fully saturated rings.